The molecule has 0 bridgehead atoms. The van der Waals surface area contributed by atoms with Crippen LogP contribution in [0.5, 0.6) is 0 Å². The van der Waals surface area contributed by atoms with Crippen molar-refractivity contribution in [1.29, 1.82) is 0 Å². The molecule has 1 saturated heterocycles. The Bertz CT molecular complexity index is 204. The monoisotopic (exact) mass is 162 g/mol. The molecule has 1 rings (SSSR count). The van der Waals surface area contributed by atoms with Crippen LogP contribution >= 0.6 is 0 Å². The SMILES string of the molecule is CC(C)[C@@H]1CCCS1(=O)=O. The van der Waals surface area contributed by atoms with E-state index in [0.717, 1.165) is 12.8 Å². The van der Waals surface area contributed by atoms with E-state index in [1.165, 1.54) is 0 Å². The minimum absolute atomic E-state index is 0.0486. The first-order valence-electron chi connectivity index (χ1n) is 3.75. The van der Waals surface area contributed by atoms with Gasteiger partial charge in [0.05, 0.1) is 11.0 Å². The Hall–Kier alpha value is -0.0500. The highest BCUT2D eigenvalue weighted by Gasteiger charge is 2.33. The van der Waals surface area contributed by atoms with Crippen LogP contribution in [0, 0.1) is 5.92 Å². The summed E-state index contributed by atoms with van der Waals surface area (Å²) < 4.78 is 22.4. The zero-order chi connectivity index (χ0) is 7.78. The first kappa shape index (κ1) is 8.05. The summed E-state index contributed by atoms with van der Waals surface area (Å²) in [5.41, 5.74) is 0. The quantitative estimate of drug-likeness (QED) is 0.581. The predicted octanol–water partition coefficient (Wildman–Crippen LogP) is 1.22. The molecule has 0 amide bonds. The smallest absolute Gasteiger partial charge is 0.153 e. The fourth-order valence-corrected chi connectivity index (χ4v) is 3.79. The van der Waals surface area contributed by atoms with E-state index < -0.39 is 9.84 Å². The van der Waals surface area contributed by atoms with Gasteiger partial charge in [-0.25, -0.2) is 8.42 Å². The Balaban J connectivity index is 2.79. The van der Waals surface area contributed by atoms with Gasteiger partial charge in [-0.15, -0.1) is 0 Å². The summed E-state index contributed by atoms with van der Waals surface area (Å²) in [4.78, 5) is 0. The summed E-state index contributed by atoms with van der Waals surface area (Å²) in [7, 11) is -2.69. The van der Waals surface area contributed by atoms with Crippen LogP contribution in [-0.4, -0.2) is 19.4 Å². The van der Waals surface area contributed by atoms with E-state index in [1.807, 2.05) is 13.8 Å². The van der Waals surface area contributed by atoms with Crippen molar-refractivity contribution in [1.82, 2.24) is 0 Å². The second kappa shape index (κ2) is 2.53. The van der Waals surface area contributed by atoms with Gasteiger partial charge in [-0.2, -0.15) is 0 Å². The maximum absolute atomic E-state index is 11.2. The summed E-state index contributed by atoms with van der Waals surface area (Å²) in [6.45, 7) is 3.96. The van der Waals surface area contributed by atoms with Gasteiger partial charge in [-0.1, -0.05) is 13.8 Å². The molecule has 0 saturated carbocycles. The van der Waals surface area contributed by atoms with Crippen molar-refractivity contribution in [2.45, 2.75) is 31.9 Å². The third kappa shape index (κ3) is 1.34. The zero-order valence-electron chi connectivity index (χ0n) is 6.50. The summed E-state index contributed by atoms with van der Waals surface area (Å²) in [6.07, 6.45) is 1.74. The molecular weight excluding hydrogens is 148 g/mol. The largest absolute Gasteiger partial charge is 0.229 e. The molecule has 0 aromatic rings. The lowest BCUT2D eigenvalue weighted by atomic mass is 10.1. The molecule has 0 radical (unpaired) electrons. The molecule has 1 heterocycles. The summed E-state index contributed by atoms with van der Waals surface area (Å²) >= 11 is 0. The van der Waals surface area contributed by atoms with Crippen molar-refractivity contribution < 1.29 is 8.42 Å². The van der Waals surface area contributed by atoms with Crippen LogP contribution in [0.15, 0.2) is 0 Å². The molecule has 1 aliphatic heterocycles. The van der Waals surface area contributed by atoms with Crippen molar-refractivity contribution in [3.8, 4) is 0 Å². The minimum atomic E-state index is -2.69. The van der Waals surface area contributed by atoms with Gasteiger partial charge < -0.3 is 0 Å². The predicted molar refractivity (Wildman–Crippen MR) is 41.6 cm³/mol. The summed E-state index contributed by atoms with van der Waals surface area (Å²) in [5.74, 6) is 0.711. The second-order valence-electron chi connectivity index (χ2n) is 3.29. The molecule has 10 heavy (non-hydrogen) atoms. The third-order valence-electron chi connectivity index (χ3n) is 2.12. The molecule has 1 atom stereocenters. The van der Waals surface area contributed by atoms with E-state index in [9.17, 15) is 8.42 Å². The number of hydrogen-bond donors (Lipinski definition) is 0. The molecule has 0 unspecified atom stereocenters. The molecule has 60 valence electrons. The Morgan fingerprint density at radius 2 is 2.00 bits per heavy atom. The molecule has 0 aliphatic carbocycles. The minimum Gasteiger partial charge on any atom is -0.229 e. The van der Waals surface area contributed by atoms with Gasteiger partial charge >= 0.3 is 0 Å². The number of rotatable bonds is 1. The van der Waals surface area contributed by atoms with Gasteiger partial charge in [-0.3, -0.25) is 0 Å². The number of sulfone groups is 1. The highest BCUT2D eigenvalue weighted by Crippen LogP contribution is 2.25. The van der Waals surface area contributed by atoms with E-state index in [4.69, 9.17) is 0 Å². The van der Waals surface area contributed by atoms with Crippen LogP contribution in [0.2, 0.25) is 0 Å². The van der Waals surface area contributed by atoms with E-state index >= 15 is 0 Å². The van der Waals surface area contributed by atoms with Crippen molar-refractivity contribution in [3.63, 3.8) is 0 Å². The number of hydrogen-bond acceptors (Lipinski definition) is 2. The molecule has 0 aromatic carbocycles. The van der Waals surface area contributed by atoms with Gasteiger partial charge in [-0.05, 0) is 18.8 Å². The summed E-state index contributed by atoms with van der Waals surface area (Å²) in [5, 5.41) is -0.0486. The van der Waals surface area contributed by atoms with Crippen molar-refractivity contribution >= 4 is 9.84 Å². The molecule has 3 heteroatoms. The van der Waals surface area contributed by atoms with Crippen LogP contribution in [0.25, 0.3) is 0 Å². The second-order valence-corrected chi connectivity index (χ2v) is 5.63. The van der Waals surface area contributed by atoms with E-state index in [-0.39, 0.29) is 5.25 Å². The first-order valence-corrected chi connectivity index (χ1v) is 5.47. The van der Waals surface area contributed by atoms with Crippen LogP contribution in [-0.2, 0) is 9.84 Å². The standard InChI is InChI=1S/C7H14O2S/c1-6(2)7-4-3-5-10(7,8)9/h6-7H,3-5H2,1-2H3/t7-/m0/s1. The summed E-state index contributed by atoms with van der Waals surface area (Å²) in [6, 6.07) is 0. The molecule has 0 N–H and O–H groups in total. The van der Waals surface area contributed by atoms with E-state index in [2.05, 4.69) is 0 Å². The average Bonchev–Trinajstić information content (AvgIpc) is 2.08. The highest BCUT2D eigenvalue weighted by molar-refractivity contribution is 7.92. The Morgan fingerprint density at radius 3 is 2.20 bits per heavy atom. The van der Waals surface area contributed by atoms with Gasteiger partial charge in [0.25, 0.3) is 0 Å². The average molecular weight is 162 g/mol. The lowest BCUT2D eigenvalue weighted by Gasteiger charge is -2.11. The molecular formula is C7H14O2S. The van der Waals surface area contributed by atoms with Crippen LogP contribution in [0.1, 0.15) is 26.7 Å². The molecule has 1 fully saturated rings. The molecule has 2 nitrogen and oxygen atoms in total. The fourth-order valence-electron chi connectivity index (χ4n) is 1.56. The molecule has 0 spiro atoms. The van der Waals surface area contributed by atoms with Crippen LogP contribution < -0.4 is 0 Å². The van der Waals surface area contributed by atoms with Crippen LogP contribution in [0.3, 0.4) is 0 Å². The Labute approximate surface area is 62.5 Å². The first-order chi connectivity index (χ1) is 4.54. The van der Waals surface area contributed by atoms with Crippen molar-refractivity contribution in [3.05, 3.63) is 0 Å². The van der Waals surface area contributed by atoms with Gasteiger partial charge in [0.15, 0.2) is 9.84 Å². The fraction of sp³-hybridized carbons (Fsp3) is 1.00. The normalized spacial score (nSPS) is 31.3. The van der Waals surface area contributed by atoms with Crippen molar-refractivity contribution in [2.75, 3.05) is 5.75 Å². The van der Waals surface area contributed by atoms with Crippen LogP contribution in [0.4, 0.5) is 0 Å². The Kier molecular flexibility index (Phi) is 2.04. The lowest BCUT2D eigenvalue weighted by molar-refractivity contribution is 0.538. The maximum Gasteiger partial charge on any atom is 0.153 e. The van der Waals surface area contributed by atoms with Crippen molar-refractivity contribution in [2.24, 2.45) is 5.92 Å². The lowest BCUT2D eigenvalue weighted by Crippen LogP contribution is -2.21. The van der Waals surface area contributed by atoms with Gasteiger partial charge in [0.2, 0.25) is 0 Å². The zero-order valence-corrected chi connectivity index (χ0v) is 7.32. The Morgan fingerprint density at radius 1 is 1.40 bits per heavy atom. The van der Waals surface area contributed by atoms with E-state index in [1.54, 1.807) is 0 Å². The topological polar surface area (TPSA) is 34.1 Å². The molecule has 0 aromatic heterocycles. The van der Waals surface area contributed by atoms with Gasteiger partial charge in [0.1, 0.15) is 0 Å². The van der Waals surface area contributed by atoms with E-state index in [0.29, 0.717) is 11.7 Å². The maximum atomic E-state index is 11.2. The molecule has 1 aliphatic rings. The highest BCUT2D eigenvalue weighted by atomic mass is 32.2. The third-order valence-corrected chi connectivity index (χ3v) is 4.68. The van der Waals surface area contributed by atoms with Gasteiger partial charge in [0, 0.05) is 0 Å².